The van der Waals surface area contributed by atoms with Gasteiger partial charge in [0.1, 0.15) is 0 Å². The fourth-order valence-electron chi connectivity index (χ4n) is 0.964. The molecular formula is C8H14N2O. The number of rotatable bonds is 1. The van der Waals surface area contributed by atoms with Gasteiger partial charge in [0, 0.05) is 5.56 Å². The van der Waals surface area contributed by atoms with Crippen molar-refractivity contribution in [3.8, 4) is 5.88 Å². The van der Waals surface area contributed by atoms with E-state index in [1.165, 1.54) is 0 Å². The minimum Gasteiger partial charge on any atom is -0.481 e. The van der Waals surface area contributed by atoms with Crippen LogP contribution in [0.4, 0.5) is 0 Å². The molecule has 0 atom stereocenters. The van der Waals surface area contributed by atoms with Crippen LogP contribution in [-0.2, 0) is 5.41 Å². The van der Waals surface area contributed by atoms with Gasteiger partial charge >= 0.3 is 0 Å². The topological polar surface area (TPSA) is 37.9 Å². The zero-order chi connectivity index (χ0) is 8.48. The van der Waals surface area contributed by atoms with Crippen molar-refractivity contribution < 1.29 is 4.74 Å². The van der Waals surface area contributed by atoms with Gasteiger partial charge in [0.15, 0.2) is 0 Å². The van der Waals surface area contributed by atoms with Crippen LogP contribution < -0.4 is 4.74 Å². The summed E-state index contributed by atoms with van der Waals surface area (Å²) in [5.41, 5.74) is 1.21. The molecule has 62 valence electrons. The first-order valence-corrected chi connectivity index (χ1v) is 3.63. The van der Waals surface area contributed by atoms with Crippen LogP contribution in [0, 0.1) is 0 Å². The Morgan fingerprint density at radius 1 is 1.45 bits per heavy atom. The molecule has 11 heavy (non-hydrogen) atoms. The second kappa shape index (κ2) is 2.57. The molecule has 1 aromatic rings. The number of hydrogen-bond donors (Lipinski definition) is 1. The van der Waals surface area contributed by atoms with Crippen LogP contribution in [0.1, 0.15) is 26.3 Å². The zero-order valence-corrected chi connectivity index (χ0v) is 7.43. The predicted molar refractivity (Wildman–Crippen MR) is 43.8 cm³/mol. The molecule has 0 spiro atoms. The van der Waals surface area contributed by atoms with Gasteiger partial charge < -0.3 is 4.74 Å². The van der Waals surface area contributed by atoms with Crippen LogP contribution in [0.2, 0.25) is 0 Å². The molecule has 1 rings (SSSR count). The number of nitrogens with one attached hydrogen (secondary N) is 1. The van der Waals surface area contributed by atoms with Gasteiger partial charge in [-0.05, 0) is 5.41 Å². The first-order valence-electron chi connectivity index (χ1n) is 3.63. The Balaban J connectivity index is 3.02. The van der Waals surface area contributed by atoms with Gasteiger partial charge in [-0.15, -0.1) is 0 Å². The van der Waals surface area contributed by atoms with E-state index in [2.05, 4.69) is 31.0 Å². The summed E-state index contributed by atoms with van der Waals surface area (Å²) < 4.78 is 5.09. The van der Waals surface area contributed by atoms with Crippen molar-refractivity contribution in [2.75, 3.05) is 7.11 Å². The fourth-order valence-corrected chi connectivity index (χ4v) is 0.964. The Labute approximate surface area is 66.8 Å². The Kier molecular flexibility index (Phi) is 1.89. The highest BCUT2D eigenvalue weighted by Crippen LogP contribution is 2.28. The summed E-state index contributed by atoms with van der Waals surface area (Å²) in [6.45, 7) is 6.38. The lowest BCUT2D eigenvalue weighted by atomic mass is 9.89. The summed E-state index contributed by atoms with van der Waals surface area (Å²) in [6, 6.07) is 0. The summed E-state index contributed by atoms with van der Waals surface area (Å²) in [4.78, 5) is 0. The zero-order valence-electron chi connectivity index (χ0n) is 7.43. The van der Waals surface area contributed by atoms with Crippen LogP contribution in [0.5, 0.6) is 5.88 Å². The molecule has 0 aliphatic carbocycles. The molecule has 0 fully saturated rings. The number of hydrogen-bond acceptors (Lipinski definition) is 2. The van der Waals surface area contributed by atoms with E-state index in [-0.39, 0.29) is 5.41 Å². The second-order valence-corrected chi connectivity index (χ2v) is 3.57. The lowest BCUT2D eigenvalue weighted by molar-refractivity contribution is 0.382. The van der Waals surface area contributed by atoms with Crippen molar-refractivity contribution >= 4 is 0 Å². The minimum absolute atomic E-state index is 0.0956. The van der Waals surface area contributed by atoms with E-state index in [0.717, 1.165) is 11.4 Å². The maximum Gasteiger partial charge on any atom is 0.212 e. The quantitative estimate of drug-likeness (QED) is 0.668. The van der Waals surface area contributed by atoms with Crippen LogP contribution in [0.3, 0.4) is 0 Å². The molecule has 1 heterocycles. The SMILES string of the molecule is COc1[nH]ncc1C(C)(C)C. The van der Waals surface area contributed by atoms with Crippen molar-refractivity contribution in [1.82, 2.24) is 10.2 Å². The maximum absolute atomic E-state index is 5.09. The molecule has 0 radical (unpaired) electrons. The molecule has 3 heteroatoms. The number of aromatic amines is 1. The van der Waals surface area contributed by atoms with E-state index < -0.39 is 0 Å². The number of nitrogens with zero attached hydrogens (tertiary/aromatic N) is 1. The Bertz CT molecular complexity index is 234. The van der Waals surface area contributed by atoms with Gasteiger partial charge in [-0.25, -0.2) is 5.10 Å². The molecule has 0 aromatic carbocycles. The smallest absolute Gasteiger partial charge is 0.212 e. The Hall–Kier alpha value is -0.990. The summed E-state index contributed by atoms with van der Waals surface area (Å²) in [5, 5.41) is 6.70. The molecular weight excluding hydrogens is 140 g/mol. The average Bonchev–Trinajstić information content (AvgIpc) is 2.31. The van der Waals surface area contributed by atoms with Crippen molar-refractivity contribution in [2.45, 2.75) is 26.2 Å². The molecule has 0 bridgehead atoms. The van der Waals surface area contributed by atoms with E-state index >= 15 is 0 Å². The van der Waals surface area contributed by atoms with Crippen molar-refractivity contribution in [2.24, 2.45) is 0 Å². The molecule has 0 aliphatic heterocycles. The first kappa shape index (κ1) is 8.11. The number of H-pyrrole nitrogens is 1. The Morgan fingerprint density at radius 2 is 2.09 bits per heavy atom. The average molecular weight is 154 g/mol. The molecule has 1 aromatic heterocycles. The van der Waals surface area contributed by atoms with E-state index in [4.69, 9.17) is 4.74 Å². The van der Waals surface area contributed by atoms with E-state index in [1.807, 2.05) is 0 Å². The standard InChI is InChI=1S/C8H14N2O/c1-8(2,3)6-5-9-10-7(6)11-4/h5H,1-4H3,(H,9,10). The van der Waals surface area contributed by atoms with E-state index in [9.17, 15) is 0 Å². The molecule has 3 nitrogen and oxygen atoms in total. The minimum atomic E-state index is 0.0956. The predicted octanol–water partition coefficient (Wildman–Crippen LogP) is 1.72. The lowest BCUT2D eigenvalue weighted by Crippen LogP contribution is -2.11. The molecule has 0 saturated carbocycles. The van der Waals surface area contributed by atoms with Crippen molar-refractivity contribution in [1.29, 1.82) is 0 Å². The van der Waals surface area contributed by atoms with Crippen LogP contribution >= 0.6 is 0 Å². The van der Waals surface area contributed by atoms with Crippen molar-refractivity contribution in [3.05, 3.63) is 11.8 Å². The van der Waals surface area contributed by atoms with Gasteiger partial charge in [0.2, 0.25) is 5.88 Å². The van der Waals surface area contributed by atoms with Crippen LogP contribution in [0.25, 0.3) is 0 Å². The molecule has 0 saturated heterocycles. The van der Waals surface area contributed by atoms with E-state index in [0.29, 0.717) is 0 Å². The highest BCUT2D eigenvalue weighted by Gasteiger charge is 2.19. The van der Waals surface area contributed by atoms with E-state index in [1.54, 1.807) is 13.3 Å². The third-order valence-electron chi connectivity index (χ3n) is 1.62. The number of ether oxygens (including phenoxy) is 1. The number of methoxy groups -OCH3 is 1. The van der Waals surface area contributed by atoms with Crippen LogP contribution in [0.15, 0.2) is 6.20 Å². The highest BCUT2D eigenvalue weighted by atomic mass is 16.5. The number of aromatic nitrogens is 2. The summed E-state index contributed by atoms with van der Waals surface area (Å²) in [7, 11) is 1.64. The first-order chi connectivity index (χ1) is 5.05. The summed E-state index contributed by atoms with van der Waals surface area (Å²) in [6.07, 6.45) is 1.80. The second-order valence-electron chi connectivity index (χ2n) is 3.57. The molecule has 0 unspecified atom stereocenters. The van der Waals surface area contributed by atoms with Gasteiger partial charge in [-0.3, -0.25) is 0 Å². The molecule has 0 amide bonds. The largest absolute Gasteiger partial charge is 0.481 e. The van der Waals surface area contributed by atoms with Crippen LogP contribution in [-0.4, -0.2) is 17.3 Å². The van der Waals surface area contributed by atoms with Crippen molar-refractivity contribution in [3.63, 3.8) is 0 Å². The summed E-state index contributed by atoms with van der Waals surface area (Å²) >= 11 is 0. The Morgan fingerprint density at radius 3 is 2.45 bits per heavy atom. The molecule has 1 N–H and O–H groups in total. The maximum atomic E-state index is 5.09. The summed E-state index contributed by atoms with van der Waals surface area (Å²) in [5.74, 6) is 0.762. The normalized spacial score (nSPS) is 11.6. The monoisotopic (exact) mass is 154 g/mol. The lowest BCUT2D eigenvalue weighted by Gasteiger charge is -2.16. The third kappa shape index (κ3) is 1.53. The van der Waals surface area contributed by atoms with Gasteiger partial charge in [0.05, 0.1) is 13.3 Å². The highest BCUT2D eigenvalue weighted by molar-refractivity contribution is 5.29. The van der Waals surface area contributed by atoms with Gasteiger partial charge in [0.25, 0.3) is 0 Å². The van der Waals surface area contributed by atoms with Gasteiger partial charge in [-0.1, -0.05) is 20.8 Å². The van der Waals surface area contributed by atoms with Gasteiger partial charge in [-0.2, -0.15) is 5.10 Å². The fraction of sp³-hybridized carbons (Fsp3) is 0.625. The molecule has 0 aliphatic rings. The third-order valence-corrected chi connectivity index (χ3v) is 1.62.